The van der Waals surface area contributed by atoms with Gasteiger partial charge in [0.25, 0.3) is 0 Å². The first-order valence-electron chi connectivity index (χ1n) is 11.4. The number of aliphatic hydroxyl groups excluding tert-OH is 1. The van der Waals surface area contributed by atoms with E-state index in [1.807, 2.05) is 0 Å². The summed E-state index contributed by atoms with van der Waals surface area (Å²) < 4.78 is 11.2. The van der Waals surface area contributed by atoms with Gasteiger partial charge in [-0.15, -0.1) is 0 Å². The number of hydrogen-bond acceptors (Lipinski definition) is 6. The van der Waals surface area contributed by atoms with Gasteiger partial charge in [-0.25, -0.2) is 4.79 Å². The summed E-state index contributed by atoms with van der Waals surface area (Å²) in [5.74, 6) is -1.94. The Morgan fingerprint density at radius 1 is 1.10 bits per heavy atom. The first-order chi connectivity index (χ1) is 14.6. The number of carboxylic acids is 1. The first-order valence-corrected chi connectivity index (χ1v) is 11.4. The highest BCUT2D eigenvalue weighted by molar-refractivity contribution is 5.83. The fraction of sp³-hybridized carbons (Fsp3) is 0.708. The zero-order valence-corrected chi connectivity index (χ0v) is 18.0. The van der Waals surface area contributed by atoms with Crippen LogP contribution in [-0.4, -0.2) is 33.9 Å². The molecule has 4 fully saturated rings. The Kier molecular flexibility index (Phi) is 4.46. The van der Waals surface area contributed by atoms with Crippen molar-refractivity contribution in [3.8, 4) is 0 Å². The fourth-order valence-electron chi connectivity index (χ4n) is 7.84. The monoisotopic (exact) mass is 430 g/mol. The molecule has 1 aromatic heterocycles. The molecule has 3 saturated carbocycles. The molecule has 2 heterocycles. The second-order valence-corrected chi connectivity index (χ2v) is 10.6. The molecule has 0 bridgehead atoms. The van der Waals surface area contributed by atoms with E-state index in [2.05, 4.69) is 6.92 Å². The first kappa shape index (κ1) is 20.7. The van der Waals surface area contributed by atoms with Gasteiger partial charge >= 0.3 is 17.6 Å². The van der Waals surface area contributed by atoms with Crippen molar-refractivity contribution in [2.24, 2.45) is 28.6 Å². The maximum absolute atomic E-state index is 13.4. The molecule has 1 saturated heterocycles. The third-order valence-electron chi connectivity index (χ3n) is 9.53. The minimum atomic E-state index is -1.32. The largest absolute Gasteiger partial charge is 0.481 e. The van der Waals surface area contributed by atoms with E-state index in [4.69, 9.17) is 9.15 Å². The predicted octanol–water partition coefficient (Wildman–Crippen LogP) is 3.10. The van der Waals surface area contributed by atoms with Gasteiger partial charge in [0.15, 0.2) is 0 Å². The summed E-state index contributed by atoms with van der Waals surface area (Å²) in [7, 11) is 0. The average Bonchev–Trinajstić information content (AvgIpc) is 3.19. The molecule has 2 N–H and O–H groups in total. The summed E-state index contributed by atoms with van der Waals surface area (Å²) in [6, 6.07) is 2.94. The number of rotatable bonds is 2. The van der Waals surface area contributed by atoms with Crippen LogP contribution in [0.25, 0.3) is 0 Å². The van der Waals surface area contributed by atoms with Crippen LogP contribution in [-0.2, 0) is 14.3 Å². The molecule has 1 aliphatic heterocycles. The van der Waals surface area contributed by atoms with Crippen molar-refractivity contribution in [3.05, 3.63) is 34.4 Å². The van der Waals surface area contributed by atoms with E-state index < -0.39 is 28.5 Å². The highest BCUT2D eigenvalue weighted by Gasteiger charge is 2.75. The molecule has 4 aliphatic rings. The number of esters is 1. The van der Waals surface area contributed by atoms with Gasteiger partial charge < -0.3 is 19.4 Å². The SMILES string of the molecule is C[C@]12CC[C@H](O)C[C@H]1CCC1C2C(=O)O[C@@]12CC[C@H](c1ccc(=O)oc1)[C@@]2(C)C(=O)O. The van der Waals surface area contributed by atoms with Crippen molar-refractivity contribution < 1.29 is 29.0 Å². The van der Waals surface area contributed by atoms with Gasteiger partial charge in [-0.2, -0.15) is 0 Å². The molecule has 7 heteroatoms. The molecule has 168 valence electrons. The van der Waals surface area contributed by atoms with Crippen LogP contribution < -0.4 is 5.63 Å². The summed E-state index contributed by atoms with van der Waals surface area (Å²) in [6.07, 6.45) is 5.76. The van der Waals surface area contributed by atoms with E-state index in [0.717, 1.165) is 19.3 Å². The Morgan fingerprint density at radius 2 is 1.87 bits per heavy atom. The number of hydrogen-bond donors (Lipinski definition) is 2. The van der Waals surface area contributed by atoms with E-state index in [1.165, 1.54) is 12.3 Å². The Balaban J connectivity index is 1.58. The van der Waals surface area contributed by atoms with Gasteiger partial charge in [0.1, 0.15) is 11.0 Å². The lowest BCUT2D eigenvalue weighted by Gasteiger charge is -2.53. The number of fused-ring (bicyclic) bond motifs is 4. The van der Waals surface area contributed by atoms with Gasteiger partial charge in [0.2, 0.25) is 0 Å². The lowest BCUT2D eigenvalue weighted by molar-refractivity contribution is -0.178. The second-order valence-electron chi connectivity index (χ2n) is 10.6. The number of ether oxygens (including phenoxy) is 1. The molecule has 0 radical (unpaired) electrons. The van der Waals surface area contributed by atoms with Crippen molar-refractivity contribution in [2.45, 2.75) is 76.4 Å². The number of carboxylic acid groups (broad SMARTS) is 1. The van der Waals surface area contributed by atoms with Crippen LogP contribution in [0.5, 0.6) is 0 Å². The predicted molar refractivity (Wildman–Crippen MR) is 109 cm³/mol. The maximum Gasteiger partial charge on any atom is 0.335 e. The van der Waals surface area contributed by atoms with Crippen molar-refractivity contribution in [3.63, 3.8) is 0 Å². The standard InChI is InChI=1S/C24H30O7/c1-22-9-7-15(25)11-14(22)4-5-17-19(22)20(27)31-24(17)10-8-16(23(24,2)21(28)29)13-3-6-18(26)30-12-13/h3,6,12,14-17,19,25H,4-5,7-11H2,1-2H3,(H,28,29)/t14-,15+,16-,17?,19?,22+,23+,24+/m1/s1. The van der Waals surface area contributed by atoms with Crippen molar-refractivity contribution in [1.82, 2.24) is 0 Å². The van der Waals surface area contributed by atoms with Gasteiger partial charge in [-0.05, 0) is 74.8 Å². The van der Waals surface area contributed by atoms with Crippen molar-refractivity contribution >= 4 is 11.9 Å². The molecular weight excluding hydrogens is 400 g/mol. The fourth-order valence-corrected chi connectivity index (χ4v) is 7.84. The summed E-state index contributed by atoms with van der Waals surface area (Å²) in [6.45, 7) is 3.84. The molecule has 8 atom stereocenters. The molecule has 2 unspecified atom stereocenters. The van der Waals surface area contributed by atoms with Crippen LogP contribution in [0.15, 0.2) is 27.6 Å². The summed E-state index contributed by atoms with van der Waals surface area (Å²) in [5, 5.41) is 20.7. The summed E-state index contributed by atoms with van der Waals surface area (Å²) in [5.41, 5.74) is -2.50. The van der Waals surface area contributed by atoms with Gasteiger partial charge in [0, 0.05) is 17.9 Å². The number of carbonyl (C=O) groups excluding carboxylic acids is 1. The van der Waals surface area contributed by atoms with Crippen molar-refractivity contribution in [2.75, 3.05) is 0 Å². The van der Waals surface area contributed by atoms with Gasteiger partial charge in [0.05, 0.1) is 18.3 Å². The molecule has 1 spiro atoms. The van der Waals surface area contributed by atoms with Gasteiger partial charge in [-0.3, -0.25) is 9.59 Å². The lowest BCUT2D eigenvalue weighted by Crippen LogP contribution is -2.57. The molecular formula is C24H30O7. The molecule has 0 aromatic carbocycles. The molecule has 7 nitrogen and oxygen atoms in total. The minimum Gasteiger partial charge on any atom is -0.481 e. The average molecular weight is 430 g/mol. The third kappa shape index (κ3) is 2.58. The topological polar surface area (TPSA) is 114 Å². The van der Waals surface area contributed by atoms with Crippen LogP contribution in [0.3, 0.4) is 0 Å². The van der Waals surface area contributed by atoms with Crippen LogP contribution in [0.4, 0.5) is 0 Å². The zero-order valence-electron chi connectivity index (χ0n) is 18.0. The quantitative estimate of drug-likeness (QED) is 0.693. The molecule has 0 amide bonds. The highest BCUT2D eigenvalue weighted by Crippen LogP contribution is 2.69. The normalized spacial score (nSPS) is 46.4. The molecule has 31 heavy (non-hydrogen) atoms. The lowest BCUT2D eigenvalue weighted by atomic mass is 9.49. The van der Waals surface area contributed by atoms with Crippen LogP contribution >= 0.6 is 0 Å². The van der Waals surface area contributed by atoms with E-state index in [1.54, 1.807) is 13.0 Å². The van der Waals surface area contributed by atoms with E-state index in [9.17, 15) is 24.6 Å². The summed E-state index contributed by atoms with van der Waals surface area (Å²) in [4.78, 5) is 37.6. The Bertz CT molecular complexity index is 964. The third-order valence-corrected chi connectivity index (χ3v) is 9.53. The number of aliphatic hydroxyl groups is 1. The second kappa shape index (κ2) is 6.67. The smallest absolute Gasteiger partial charge is 0.335 e. The Morgan fingerprint density at radius 3 is 2.55 bits per heavy atom. The zero-order chi connectivity index (χ0) is 22.2. The van der Waals surface area contributed by atoms with Crippen LogP contribution in [0.1, 0.15) is 70.3 Å². The summed E-state index contributed by atoms with van der Waals surface area (Å²) >= 11 is 0. The molecule has 5 rings (SSSR count). The van der Waals surface area contributed by atoms with Crippen LogP contribution in [0, 0.1) is 28.6 Å². The maximum atomic E-state index is 13.4. The Hall–Kier alpha value is -2.15. The number of carbonyl (C=O) groups is 2. The molecule has 3 aliphatic carbocycles. The van der Waals surface area contributed by atoms with E-state index in [0.29, 0.717) is 31.2 Å². The van der Waals surface area contributed by atoms with Crippen molar-refractivity contribution in [1.29, 1.82) is 0 Å². The number of aliphatic carboxylic acids is 1. The Labute approximate surface area is 180 Å². The highest BCUT2D eigenvalue weighted by atomic mass is 16.6. The molecule has 1 aromatic rings. The van der Waals surface area contributed by atoms with E-state index >= 15 is 0 Å². The van der Waals surface area contributed by atoms with E-state index in [-0.39, 0.29) is 35.2 Å². The van der Waals surface area contributed by atoms with Crippen LogP contribution in [0.2, 0.25) is 0 Å². The minimum absolute atomic E-state index is 0.168. The van der Waals surface area contributed by atoms with Gasteiger partial charge in [-0.1, -0.05) is 6.92 Å².